The molecule has 2 aromatic carbocycles. The summed E-state index contributed by atoms with van der Waals surface area (Å²) in [5.41, 5.74) is 0.464. The summed E-state index contributed by atoms with van der Waals surface area (Å²) in [7, 11) is 3.05. The van der Waals surface area contributed by atoms with Gasteiger partial charge in [-0.3, -0.25) is 4.79 Å². The van der Waals surface area contributed by atoms with Crippen LogP contribution in [0.15, 0.2) is 42.5 Å². The van der Waals surface area contributed by atoms with E-state index in [-0.39, 0.29) is 6.61 Å². The summed E-state index contributed by atoms with van der Waals surface area (Å²) in [6.07, 6.45) is 0. The lowest BCUT2D eigenvalue weighted by Gasteiger charge is -2.09. The Morgan fingerprint density at radius 3 is 2.27 bits per heavy atom. The number of carbonyl (C=O) groups excluding carboxylic acids is 2. The monoisotopic (exact) mass is 379 g/mol. The number of esters is 1. The highest BCUT2D eigenvalue weighted by molar-refractivity contribution is 6.32. The lowest BCUT2D eigenvalue weighted by molar-refractivity contribution is -0.149. The largest absolute Gasteiger partial charge is 0.497 e. The second-order valence-corrected chi connectivity index (χ2v) is 5.43. The van der Waals surface area contributed by atoms with Crippen LogP contribution < -0.4 is 19.5 Å². The molecular formula is C18H18ClNO6. The Hall–Kier alpha value is -2.93. The molecular weight excluding hydrogens is 362 g/mol. The SMILES string of the molecule is COc1ccc(OCC(=O)OCC(=O)Nc2ccc(OC)c(Cl)c2)cc1. The summed E-state index contributed by atoms with van der Waals surface area (Å²) in [5, 5.41) is 2.92. The van der Waals surface area contributed by atoms with Gasteiger partial charge in [-0.2, -0.15) is 0 Å². The first-order valence-corrected chi connectivity index (χ1v) is 7.95. The molecule has 0 aliphatic heterocycles. The first-order chi connectivity index (χ1) is 12.5. The van der Waals surface area contributed by atoms with Crippen LogP contribution in [-0.2, 0) is 14.3 Å². The van der Waals surface area contributed by atoms with Crippen molar-refractivity contribution in [2.75, 3.05) is 32.8 Å². The summed E-state index contributed by atoms with van der Waals surface area (Å²) in [6, 6.07) is 11.5. The second-order valence-electron chi connectivity index (χ2n) is 5.02. The number of nitrogens with one attached hydrogen (secondary N) is 1. The Morgan fingerprint density at radius 1 is 0.962 bits per heavy atom. The van der Waals surface area contributed by atoms with Gasteiger partial charge in [0.2, 0.25) is 0 Å². The highest BCUT2D eigenvalue weighted by Gasteiger charge is 2.10. The number of halogens is 1. The zero-order valence-electron chi connectivity index (χ0n) is 14.3. The Balaban J connectivity index is 1.74. The Bertz CT molecular complexity index is 763. The van der Waals surface area contributed by atoms with Gasteiger partial charge in [-0.05, 0) is 42.5 Å². The molecule has 0 atom stereocenters. The lowest BCUT2D eigenvalue weighted by Crippen LogP contribution is -2.23. The summed E-state index contributed by atoms with van der Waals surface area (Å²) in [6.45, 7) is -0.748. The van der Waals surface area contributed by atoms with Gasteiger partial charge in [-0.25, -0.2) is 4.79 Å². The third kappa shape index (κ3) is 5.86. The van der Waals surface area contributed by atoms with E-state index in [1.165, 1.54) is 13.2 Å². The molecule has 2 rings (SSSR count). The Kier molecular flexibility index (Phi) is 7.11. The predicted octanol–water partition coefficient (Wildman–Crippen LogP) is 2.92. The van der Waals surface area contributed by atoms with Crippen molar-refractivity contribution in [3.05, 3.63) is 47.5 Å². The van der Waals surface area contributed by atoms with E-state index in [9.17, 15) is 9.59 Å². The summed E-state index contributed by atoms with van der Waals surface area (Å²) >= 11 is 5.97. The van der Waals surface area contributed by atoms with Gasteiger partial charge in [0.1, 0.15) is 17.2 Å². The highest BCUT2D eigenvalue weighted by atomic mass is 35.5. The summed E-state index contributed by atoms with van der Waals surface area (Å²) < 4.78 is 20.2. The number of carbonyl (C=O) groups is 2. The molecule has 7 nitrogen and oxygen atoms in total. The van der Waals surface area contributed by atoms with E-state index in [0.717, 1.165) is 0 Å². The molecule has 1 amide bonds. The summed E-state index contributed by atoms with van der Waals surface area (Å²) in [4.78, 5) is 23.5. The van der Waals surface area contributed by atoms with Gasteiger partial charge < -0.3 is 24.3 Å². The van der Waals surface area contributed by atoms with Crippen molar-refractivity contribution in [1.29, 1.82) is 0 Å². The third-order valence-corrected chi connectivity index (χ3v) is 3.51. The first kappa shape index (κ1) is 19.4. The molecule has 0 aliphatic carbocycles. The van der Waals surface area contributed by atoms with E-state index < -0.39 is 18.5 Å². The standard InChI is InChI=1S/C18H18ClNO6/c1-23-13-4-6-14(7-5-13)25-11-18(22)26-10-17(21)20-12-3-8-16(24-2)15(19)9-12/h3-9H,10-11H2,1-2H3,(H,20,21). The number of hydrogen-bond acceptors (Lipinski definition) is 6. The zero-order chi connectivity index (χ0) is 18.9. The minimum Gasteiger partial charge on any atom is -0.497 e. The normalized spacial score (nSPS) is 9.96. The van der Waals surface area contributed by atoms with E-state index in [1.54, 1.807) is 43.5 Å². The molecule has 138 valence electrons. The van der Waals surface area contributed by atoms with Gasteiger partial charge in [0, 0.05) is 5.69 Å². The number of methoxy groups -OCH3 is 2. The molecule has 0 unspecified atom stereocenters. The van der Waals surface area contributed by atoms with Crippen LogP contribution in [0.25, 0.3) is 0 Å². The van der Waals surface area contributed by atoms with Crippen molar-refractivity contribution < 1.29 is 28.5 Å². The molecule has 0 saturated carbocycles. The maximum Gasteiger partial charge on any atom is 0.344 e. The number of hydrogen-bond donors (Lipinski definition) is 1. The number of rotatable bonds is 8. The smallest absolute Gasteiger partial charge is 0.344 e. The fourth-order valence-corrected chi connectivity index (χ4v) is 2.20. The number of amides is 1. The van der Waals surface area contributed by atoms with Crippen molar-refractivity contribution in [3.63, 3.8) is 0 Å². The summed E-state index contributed by atoms with van der Waals surface area (Å²) in [5.74, 6) is 0.495. The topological polar surface area (TPSA) is 83.1 Å². The molecule has 0 fully saturated rings. The van der Waals surface area contributed by atoms with E-state index in [2.05, 4.69) is 5.32 Å². The van der Waals surface area contributed by atoms with E-state index in [0.29, 0.717) is 28.0 Å². The van der Waals surface area contributed by atoms with Crippen LogP contribution in [-0.4, -0.2) is 39.3 Å². The minimum atomic E-state index is -0.663. The molecule has 8 heteroatoms. The van der Waals surface area contributed by atoms with Crippen molar-refractivity contribution >= 4 is 29.2 Å². The molecule has 0 radical (unpaired) electrons. The maximum atomic E-state index is 11.8. The van der Waals surface area contributed by atoms with Crippen LogP contribution in [0.4, 0.5) is 5.69 Å². The Morgan fingerprint density at radius 2 is 1.65 bits per heavy atom. The van der Waals surface area contributed by atoms with Crippen molar-refractivity contribution in [2.24, 2.45) is 0 Å². The van der Waals surface area contributed by atoms with Crippen LogP contribution >= 0.6 is 11.6 Å². The average Bonchev–Trinajstić information content (AvgIpc) is 2.65. The Labute approximate surface area is 155 Å². The zero-order valence-corrected chi connectivity index (χ0v) is 15.0. The van der Waals surface area contributed by atoms with Gasteiger partial charge in [-0.15, -0.1) is 0 Å². The molecule has 26 heavy (non-hydrogen) atoms. The molecule has 0 saturated heterocycles. The minimum absolute atomic E-state index is 0.312. The third-order valence-electron chi connectivity index (χ3n) is 3.22. The van der Waals surface area contributed by atoms with Gasteiger partial charge >= 0.3 is 5.97 Å². The second kappa shape index (κ2) is 9.53. The van der Waals surface area contributed by atoms with Crippen LogP contribution in [0.2, 0.25) is 5.02 Å². The van der Waals surface area contributed by atoms with Gasteiger partial charge in [-0.1, -0.05) is 11.6 Å². The van der Waals surface area contributed by atoms with Gasteiger partial charge in [0.05, 0.1) is 19.2 Å². The lowest BCUT2D eigenvalue weighted by atomic mass is 10.3. The molecule has 0 bridgehead atoms. The number of ether oxygens (including phenoxy) is 4. The van der Waals surface area contributed by atoms with Crippen molar-refractivity contribution in [2.45, 2.75) is 0 Å². The highest BCUT2D eigenvalue weighted by Crippen LogP contribution is 2.27. The fraction of sp³-hybridized carbons (Fsp3) is 0.222. The van der Waals surface area contributed by atoms with Crippen LogP contribution in [0.5, 0.6) is 17.2 Å². The van der Waals surface area contributed by atoms with Crippen LogP contribution in [0.1, 0.15) is 0 Å². The molecule has 1 N–H and O–H groups in total. The molecule has 0 spiro atoms. The maximum absolute atomic E-state index is 11.8. The molecule has 0 aromatic heterocycles. The van der Waals surface area contributed by atoms with E-state index in [1.807, 2.05) is 0 Å². The first-order valence-electron chi connectivity index (χ1n) is 7.57. The van der Waals surface area contributed by atoms with Crippen molar-refractivity contribution in [1.82, 2.24) is 0 Å². The van der Waals surface area contributed by atoms with Gasteiger partial charge in [0.15, 0.2) is 13.2 Å². The molecule has 2 aromatic rings. The quantitative estimate of drug-likeness (QED) is 0.710. The number of benzene rings is 2. The van der Waals surface area contributed by atoms with Crippen LogP contribution in [0, 0.1) is 0 Å². The van der Waals surface area contributed by atoms with E-state index >= 15 is 0 Å². The molecule has 0 aliphatic rings. The predicted molar refractivity (Wildman–Crippen MR) is 96.1 cm³/mol. The molecule has 0 heterocycles. The van der Waals surface area contributed by atoms with Crippen molar-refractivity contribution in [3.8, 4) is 17.2 Å². The van der Waals surface area contributed by atoms with Crippen LogP contribution in [0.3, 0.4) is 0 Å². The number of anilines is 1. The fourth-order valence-electron chi connectivity index (χ4n) is 1.94. The van der Waals surface area contributed by atoms with E-state index in [4.69, 9.17) is 30.5 Å². The average molecular weight is 380 g/mol. The van der Waals surface area contributed by atoms with Gasteiger partial charge in [0.25, 0.3) is 5.91 Å².